The zero-order valence-corrected chi connectivity index (χ0v) is 4.63. The number of hydrogen-bond acceptors (Lipinski definition) is 3. The van der Waals surface area contributed by atoms with Crippen LogP contribution in [0.5, 0.6) is 0 Å². The van der Waals surface area contributed by atoms with Crippen LogP contribution in [0.3, 0.4) is 0 Å². The van der Waals surface area contributed by atoms with Gasteiger partial charge in [0.1, 0.15) is 5.92 Å². The van der Waals surface area contributed by atoms with Crippen LogP contribution in [0.25, 0.3) is 0 Å². The lowest BCUT2D eigenvalue weighted by molar-refractivity contribution is -0.142. The third kappa shape index (κ3) is 0.710. The van der Waals surface area contributed by atoms with Crippen molar-refractivity contribution in [3.05, 3.63) is 0 Å². The van der Waals surface area contributed by atoms with E-state index in [1.54, 1.807) is 6.21 Å². The van der Waals surface area contributed by atoms with Gasteiger partial charge < -0.3 is 4.74 Å². The van der Waals surface area contributed by atoms with Crippen LogP contribution in [0.15, 0.2) is 4.99 Å². The van der Waals surface area contributed by atoms with Crippen molar-refractivity contribution < 1.29 is 9.53 Å². The molecule has 1 unspecified atom stereocenters. The molecular formula is C5H7NO2. The van der Waals surface area contributed by atoms with Gasteiger partial charge in [0.15, 0.2) is 0 Å². The number of carbonyl (C=O) groups excluding carboxylic acids is 1. The van der Waals surface area contributed by atoms with Gasteiger partial charge in [0, 0.05) is 6.21 Å². The summed E-state index contributed by atoms with van der Waals surface area (Å²) in [6.07, 6.45) is 1.60. The van der Waals surface area contributed by atoms with Gasteiger partial charge in [-0.1, -0.05) is 0 Å². The molecule has 0 aliphatic carbocycles. The topological polar surface area (TPSA) is 38.7 Å². The molecular weight excluding hydrogens is 106 g/mol. The summed E-state index contributed by atoms with van der Waals surface area (Å²) in [7, 11) is 1.38. The van der Waals surface area contributed by atoms with E-state index in [0.717, 1.165) is 0 Å². The van der Waals surface area contributed by atoms with Gasteiger partial charge in [-0.25, -0.2) is 0 Å². The van der Waals surface area contributed by atoms with Gasteiger partial charge >= 0.3 is 5.97 Å². The van der Waals surface area contributed by atoms with Crippen molar-refractivity contribution in [3.8, 4) is 0 Å². The normalized spacial score (nSPS) is 24.4. The van der Waals surface area contributed by atoms with E-state index in [0.29, 0.717) is 6.54 Å². The Kier molecular flexibility index (Phi) is 1.28. The number of ether oxygens (including phenoxy) is 1. The van der Waals surface area contributed by atoms with Crippen molar-refractivity contribution in [3.63, 3.8) is 0 Å². The number of esters is 1. The van der Waals surface area contributed by atoms with Crippen LogP contribution in [0.2, 0.25) is 0 Å². The summed E-state index contributed by atoms with van der Waals surface area (Å²) in [4.78, 5) is 14.2. The Morgan fingerprint density at radius 3 is 2.75 bits per heavy atom. The Hall–Kier alpha value is -0.860. The molecule has 0 N–H and O–H groups in total. The minimum atomic E-state index is -0.181. The highest BCUT2D eigenvalue weighted by Gasteiger charge is 2.20. The number of hydrogen-bond donors (Lipinski definition) is 0. The average molecular weight is 113 g/mol. The van der Waals surface area contributed by atoms with Crippen LogP contribution < -0.4 is 0 Å². The molecule has 0 amide bonds. The van der Waals surface area contributed by atoms with E-state index < -0.39 is 0 Å². The van der Waals surface area contributed by atoms with E-state index in [2.05, 4.69) is 9.73 Å². The third-order valence-electron chi connectivity index (χ3n) is 1.09. The number of methoxy groups -OCH3 is 1. The predicted molar refractivity (Wildman–Crippen MR) is 28.9 cm³/mol. The first kappa shape index (κ1) is 5.28. The fourth-order valence-corrected chi connectivity index (χ4v) is 0.498. The summed E-state index contributed by atoms with van der Waals surface area (Å²) in [5.74, 6) is -0.236. The van der Waals surface area contributed by atoms with Crippen LogP contribution in [0.1, 0.15) is 0 Å². The molecule has 44 valence electrons. The summed E-state index contributed by atoms with van der Waals surface area (Å²) in [5.41, 5.74) is 0. The molecule has 0 bridgehead atoms. The van der Waals surface area contributed by atoms with Gasteiger partial charge in [-0.05, 0) is 0 Å². The van der Waals surface area contributed by atoms with E-state index in [1.165, 1.54) is 7.11 Å². The maximum Gasteiger partial charge on any atom is 0.315 e. The second kappa shape index (κ2) is 1.94. The summed E-state index contributed by atoms with van der Waals surface area (Å²) < 4.78 is 4.42. The summed E-state index contributed by atoms with van der Waals surface area (Å²) in [6, 6.07) is 0. The SMILES string of the molecule is COC(=O)C1C=NC1. The molecule has 1 rings (SSSR count). The molecule has 0 saturated heterocycles. The van der Waals surface area contributed by atoms with E-state index >= 15 is 0 Å². The Morgan fingerprint density at radius 2 is 2.62 bits per heavy atom. The molecule has 0 radical (unpaired) electrons. The Morgan fingerprint density at radius 1 is 2.00 bits per heavy atom. The molecule has 3 heteroatoms. The number of rotatable bonds is 1. The monoisotopic (exact) mass is 113 g/mol. The van der Waals surface area contributed by atoms with Crippen molar-refractivity contribution >= 4 is 12.2 Å². The molecule has 0 aromatic rings. The third-order valence-corrected chi connectivity index (χ3v) is 1.09. The van der Waals surface area contributed by atoms with Crippen LogP contribution in [-0.2, 0) is 9.53 Å². The fourth-order valence-electron chi connectivity index (χ4n) is 0.498. The lowest BCUT2D eigenvalue weighted by atomic mass is 10.1. The first-order valence-corrected chi connectivity index (χ1v) is 2.42. The Bertz CT molecular complexity index is 130. The second-order valence-electron chi connectivity index (χ2n) is 1.64. The molecule has 8 heavy (non-hydrogen) atoms. The van der Waals surface area contributed by atoms with Gasteiger partial charge in [-0.2, -0.15) is 0 Å². The van der Waals surface area contributed by atoms with Crippen LogP contribution in [-0.4, -0.2) is 25.8 Å². The molecule has 1 heterocycles. The van der Waals surface area contributed by atoms with E-state index in [9.17, 15) is 4.79 Å². The van der Waals surface area contributed by atoms with E-state index in [4.69, 9.17) is 0 Å². The molecule has 0 aromatic heterocycles. The van der Waals surface area contributed by atoms with Crippen molar-refractivity contribution in [2.45, 2.75) is 0 Å². The zero-order valence-electron chi connectivity index (χ0n) is 4.63. The molecule has 0 aromatic carbocycles. The van der Waals surface area contributed by atoms with Crippen LogP contribution in [0.4, 0.5) is 0 Å². The standard InChI is InChI=1S/C5H7NO2/c1-8-5(7)4-2-6-3-4/h2,4H,3H2,1H3. The smallest absolute Gasteiger partial charge is 0.315 e. The second-order valence-corrected chi connectivity index (χ2v) is 1.64. The van der Waals surface area contributed by atoms with Crippen LogP contribution >= 0.6 is 0 Å². The van der Waals surface area contributed by atoms with Crippen molar-refractivity contribution in [1.82, 2.24) is 0 Å². The Labute approximate surface area is 47.4 Å². The molecule has 0 saturated carbocycles. The van der Waals surface area contributed by atoms with Crippen LogP contribution in [0, 0.1) is 5.92 Å². The maximum atomic E-state index is 10.5. The Balaban J connectivity index is 2.36. The zero-order chi connectivity index (χ0) is 5.98. The number of carbonyl (C=O) groups is 1. The average Bonchev–Trinajstić information content (AvgIpc) is 1.62. The van der Waals surface area contributed by atoms with Crippen molar-refractivity contribution in [1.29, 1.82) is 0 Å². The fraction of sp³-hybridized carbons (Fsp3) is 0.600. The maximum absolute atomic E-state index is 10.5. The molecule has 0 spiro atoms. The highest BCUT2D eigenvalue weighted by Crippen LogP contribution is 2.04. The number of aliphatic imine (C=N–C) groups is 1. The minimum Gasteiger partial charge on any atom is -0.468 e. The van der Waals surface area contributed by atoms with Gasteiger partial charge in [-0.15, -0.1) is 0 Å². The van der Waals surface area contributed by atoms with Gasteiger partial charge in [0.25, 0.3) is 0 Å². The largest absolute Gasteiger partial charge is 0.468 e. The highest BCUT2D eigenvalue weighted by molar-refractivity contribution is 5.93. The van der Waals surface area contributed by atoms with E-state index in [1.807, 2.05) is 0 Å². The van der Waals surface area contributed by atoms with Gasteiger partial charge in [-0.3, -0.25) is 9.79 Å². The van der Waals surface area contributed by atoms with E-state index in [-0.39, 0.29) is 11.9 Å². The first-order chi connectivity index (χ1) is 3.84. The summed E-state index contributed by atoms with van der Waals surface area (Å²) >= 11 is 0. The lowest BCUT2D eigenvalue weighted by Crippen LogP contribution is -2.26. The molecule has 1 aliphatic heterocycles. The molecule has 3 nitrogen and oxygen atoms in total. The molecule has 1 aliphatic rings. The predicted octanol–water partition coefficient (Wildman–Crippen LogP) is -0.140. The van der Waals surface area contributed by atoms with Gasteiger partial charge in [0.05, 0.1) is 13.7 Å². The summed E-state index contributed by atoms with van der Waals surface area (Å²) in [5, 5.41) is 0. The first-order valence-electron chi connectivity index (χ1n) is 2.42. The highest BCUT2D eigenvalue weighted by atomic mass is 16.5. The molecule has 1 atom stereocenters. The van der Waals surface area contributed by atoms with Crippen molar-refractivity contribution in [2.24, 2.45) is 10.9 Å². The van der Waals surface area contributed by atoms with Gasteiger partial charge in [0.2, 0.25) is 0 Å². The summed E-state index contributed by atoms with van der Waals surface area (Å²) in [6.45, 7) is 0.604. The van der Waals surface area contributed by atoms with Crippen molar-refractivity contribution in [2.75, 3.05) is 13.7 Å². The molecule has 0 fully saturated rings. The lowest BCUT2D eigenvalue weighted by Gasteiger charge is -2.12. The quantitative estimate of drug-likeness (QED) is 0.444. The number of nitrogens with zero attached hydrogens (tertiary/aromatic N) is 1. The minimum absolute atomic E-state index is 0.0556.